The number of hydrogen-bond acceptors (Lipinski definition) is 4. The lowest BCUT2D eigenvalue weighted by atomic mass is 9.87. The van der Waals surface area contributed by atoms with Crippen molar-refractivity contribution in [2.45, 2.75) is 31.8 Å². The van der Waals surface area contributed by atoms with Crippen LogP contribution in [-0.2, 0) is 0 Å². The first kappa shape index (κ1) is 12.7. The number of hydrogen-bond donors (Lipinski definition) is 2. The topological polar surface area (TPSA) is 62.5 Å². The molecule has 2 unspecified atom stereocenters. The van der Waals surface area contributed by atoms with Crippen LogP contribution < -0.4 is 5.32 Å². The number of nitrogens with zero attached hydrogens (tertiary/aromatic N) is 3. The van der Waals surface area contributed by atoms with Gasteiger partial charge in [0.05, 0.1) is 11.1 Å². The second kappa shape index (κ2) is 5.35. The van der Waals surface area contributed by atoms with Crippen molar-refractivity contribution in [3.05, 3.63) is 23.4 Å². The molecular weight excluding hydrogens is 264 g/mol. The Labute approximate surface area is 116 Å². The molecule has 2 heterocycles. The number of pyridine rings is 1. The Hall–Kier alpha value is -1.33. The Balaban J connectivity index is 1.65. The molecule has 2 aromatic rings. The summed E-state index contributed by atoms with van der Waals surface area (Å²) in [5.41, 5.74) is 0.774. The molecule has 0 saturated heterocycles. The van der Waals surface area contributed by atoms with Crippen LogP contribution in [0.2, 0.25) is 5.02 Å². The molecule has 2 atom stereocenters. The first-order chi connectivity index (χ1) is 9.20. The maximum Gasteiger partial charge on any atom is 0.243 e. The average molecular weight is 281 g/mol. The zero-order valence-corrected chi connectivity index (χ0v) is 11.3. The van der Waals surface area contributed by atoms with Gasteiger partial charge in [-0.15, -0.1) is 5.10 Å². The highest BCUT2D eigenvalue weighted by Gasteiger charge is 2.20. The number of halogens is 1. The summed E-state index contributed by atoms with van der Waals surface area (Å²) in [6.07, 6.45) is 5.64. The monoisotopic (exact) mass is 280 g/mol. The molecule has 102 valence electrons. The largest absolute Gasteiger partial charge is 0.393 e. The maximum absolute atomic E-state index is 9.64. The zero-order chi connectivity index (χ0) is 13.2. The van der Waals surface area contributed by atoms with E-state index in [2.05, 4.69) is 15.4 Å². The fraction of sp³-hybridized carbons (Fsp3) is 0.538. The maximum atomic E-state index is 9.64. The van der Waals surface area contributed by atoms with Crippen molar-refractivity contribution in [3.8, 4) is 0 Å². The van der Waals surface area contributed by atoms with E-state index in [0.717, 1.165) is 37.9 Å². The van der Waals surface area contributed by atoms with E-state index in [1.165, 1.54) is 0 Å². The van der Waals surface area contributed by atoms with Gasteiger partial charge >= 0.3 is 0 Å². The van der Waals surface area contributed by atoms with Crippen LogP contribution in [0, 0.1) is 5.92 Å². The molecule has 0 bridgehead atoms. The molecule has 0 aliphatic heterocycles. The van der Waals surface area contributed by atoms with Crippen molar-refractivity contribution in [1.29, 1.82) is 0 Å². The predicted octanol–water partition coefficient (Wildman–Crippen LogP) is 2.35. The van der Waals surface area contributed by atoms with Gasteiger partial charge in [-0.2, -0.15) is 4.98 Å². The van der Waals surface area contributed by atoms with E-state index < -0.39 is 0 Å². The molecule has 3 rings (SSSR count). The van der Waals surface area contributed by atoms with Gasteiger partial charge in [0.15, 0.2) is 5.65 Å². The number of rotatable bonds is 3. The minimum atomic E-state index is -0.145. The Bertz CT molecular complexity index is 571. The second-order valence-electron chi connectivity index (χ2n) is 5.15. The van der Waals surface area contributed by atoms with Crippen molar-refractivity contribution in [2.24, 2.45) is 5.92 Å². The van der Waals surface area contributed by atoms with Gasteiger partial charge in [0.1, 0.15) is 0 Å². The average Bonchev–Trinajstić information content (AvgIpc) is 2.78. The SMILES string of the molecule is OC1CCCC(CNc2nc3ccc(Cl)cn3n2)C1. The van der Waals surface area contributed by atoms with Crippen molar-refractivity contribution >= 4 is 23.2 Å². The van der Waals surface area contributed by atoms with E-state index >= 15 is 0 Å². The molecule has 1 fully saturated rings. The van der Waals surface area contributed by atoms with E-state index in [4.69, 9.17) is 11.6 Å². The number of aliphatic hydroxyl groups is 1. The van der Waals surface area contributed by atoms with Gasteiger partial charge in [0, 0.05) is 12.7 Å². The Morgan fingerprint density at radius 3 is 3.16 bits per heavy atom. The lowest BCUT2D eigenvalue weighted by Crippen LogP contribution is -2.25. The van der Waals surface area contributed by atoms with Crippen molar-refractivity contribution in [1.82, 2.24) is 14.6 Å². The smallest absolute Gasteiger partial charge is 0.243 e. The summed E-state index contributed by atoms with van der Waals surface area (Å²) in [4.78, 5) is 4.38. The predicted molar refractivity (Wildman–Crippen MR) is 74.5 cm³/mol. The minimum absolute atomic E-state index is 0.145. The third-order valence-electron chi connectivity index (χ3n) is 3.60. The van der Waals surface area contributed by atoms with Gasteiger partial charge in [0.25, 0.3) is 0 Å². The molecule has 2 N–H and O–H groups in total. The fourth-order valence-electron chi connectivity index (χ4n) is 2.62. The highest BCUT2D eigenvalue weighted by Crippen LogP contribution is 2.24. The van der Waals surface area contributed by atoms with E-state index in [-0.39, 0.29) is 6.10 Å². The molecule has 0 spiro atoms. The molecular formula is C13H17ClN4O. The quantitative estimate of drug-likeness (QED) is 0.906. The van der Waals surface area contributed by atoms with Gasteiger partial charge in [-0.1, -0.05) is 18.0 Å². The second-order valence-corrected chi connectivity index (χ2v) is 5.59. The van der Waals surface area contributed by atoms with Gasteiger partial charge in [-0.3, -0.25) is 0 Å². The van der Waals surface area contributed by atoms with Gasteiger partial charge in [0.2, 0.25) is 5.95 Å². The van der Waals surface area contributed by atoms with Crippen molar-refractivity contribution < 1.29 is 5.11 Å². The highest BCUT2D eigenvalue weighted by atomic mass is 35.5. The van der Waals surface area contributed by atoms with E-state index in [9.17, 15) is 5.11 Å². The van der Waals surface area contributed by atoms with Crippen LogP contribution in [0.1, 0.15) is 25.7 Å². The highest BCUT2D eigenvalue weighted by molar-refractivity contribution is 6.30. The third kappa shape index (κ3) is 2.98. The normalized spacial score (nSPS) is 23.7. The van der Waals surface area contributed by atoms with Crippen molar-refractivity contribution in [2.75, 3.05) is 11.9 Å². The van der Waals surface area contributed by atoms with Crippen LogP contribution >= 0.6 is 11.6 Å². The number of aromatic nitrogens is 3. The summed E-state index contributed by atoms with van der Waals surface area (Å²) >= 11 is 5.91. The number of aliphatic hydroxyl groups excluding tert-OH is 1. The first-order valence-electron chi connectivity index (χ1n) is 6.64. The first-order valence-corrected chi connectivity index (χ1v) is 7.02. The van der Waals surface area contributed by atoms with Crippen molar-refractivity contribution in [3.63, 3.8) is 0 Å². The Morgan fingerprint density at radius 1 is 1.42 bits per heavy atom. The molecule has 0 amide bonds. The fourth-order valence-corrected chi connectivity index (χ4v) is 2.77. The van der Waals surface area contributed by atoms with Crippen LogP contribution in [0.3, 0.4) is 0 Å². The summed E-state index contributed by atoms with van der Waals surface area (Å²) < 4.78 is 1.67. The molecule has 1 aliphatic rings. The summed E-state index contributed by atoms with van der Waals surface area (Å²) in [5.74, 6) is 1.11. The standard InChI is InChI=1S/C13H17ClN4O/c14-10-4-5-12-16-13(17-18(12)8-10)15-7-9-2-1-3-11(19)6-9/h4-5,8-9,11,19H,1-3,6-7H2,(H,15,17). The minimum Gasteiger partial charge on any atom is -0.393 e. The van der Waals surface area contributed by atoms with Gasteiger partial charge in [-0.05, 0) is 37.3 Å². The molecule has 1 saturated carbocycles. The number of anilines is 1. The van der Waals surface area contributed by atoms with Gasteiger partial charge in [-0.25, -0.2) is 4.52 Å². The van der Waals surface area contributed by atoms with E-state index in [1.807, 2.05) is 6.07 Å². The molecule has 0 radical (unpaired) electrons. The Kier molecular flexibility index (Phi) is 3.57. The van der Waals surface area contributed by atoms with E-state index in [1.54, 1.807) is 16.8 Å². The van der Waals surface area contributed by atoms with E-state index in [0.29, 0.717) is 16.9 Å². The summed E-state index contributed by atoms with van der Waals surface area (Å²) in [5, 5.41) is 17.9. The summed E-state index contributed by atoms with van der Waals surface area (Å²) in [6.45, 7) is 0.807. The lowest BCUT2D eigenvalue weighted by Gasteiger charge is -2.25. The number of fused-ring (bicyclic) bond motifs is 1. The molecule has 5 nitrogen and oxygen atoms in total. The molecule has 1 aliphatic carbocycles. The third-order valence-corrected chi connectivity index (χ3v) is 3.82. The van der Waals surface area contributed by atoms with Crippen LogP contribution in [-0.4, -0.2) is 32.4 Å². The van der Waals surface area contributed by atoms with Crippen LogP contribution in [0.25, 0.3) is 5.65 Å². The van der Waals surface area contributed by atoms with Gasteiger partial charge < -0.3 is 10.4 Å². The molecule has 2 aromatic heterocycles. The Morgan fingerprint density at radius 2 is 2.32 bits per heavy atom. The lowest BCUT2D eigenvalue weighted by molar-refractivity contribution is 0.104. The van der Waals surface area contributed by atoms with Crippen LogP contribution in [0.5, 0.6) is 0 Å². The molecule has 19 heavy (non-hydrogen) atoms. The summed E-state index contributed by atoms with van der Waals surface area (Å²) in [7, 11) is 0. The summed E-state index contributed by atoms with van der Waals surface area (Å²) in [6, 6.07) is 3.64. The molecule has 6 heteroatoms. The zero-order valence-electron chi connectivity index (χ0n) is 10.6. The number of nitrogens with one attached hydrogen (secondary N) is 1. The molecule has 0 aromatic carbocycles. The van der Waals surface area contributed by atoms with Crippen LogP contribution in [0.4, 0.5) is 5.95 Å². The van der Waals surface area contributed by atoms with Crippen LogP contribution in [0.15, 0.2) is 18.3 Å².